The highest BCUT2D eigenvalue weighted by Crippen LogP contribution is 2.21. The summed E-state index contributed by atoms with van der Waals surface area (Å²) < 4.78 is 1.65. The van der Waals surface area contributed by atoms with Gasteiger partial charge < -0.3 is 10.0 Å². The summed E-state index contributed by atoms with van der Waals surface area (Å²) in [6.45, 7) is 2.45. The van der Waals surface area contributed by atoms with Crippen molar-refractivity contribution in [1.29, 1.82) is 0 Å². The van der Waals surface area contributed by atoms with Crippen LogP contribution in [-0.2, 0) is 4.79 Å². The van der Waals surface area contributed by atoms with Crippen molar-refractivity contribution in [3.63, 3.8) is 0 Å². The van der Waals surface area contributed by atoms with Gasteiger partial charge in [-0.2, -0.15) is 5.10 Å². The molecule has 1 unspecified atom stereocenters. The number of carboxylic acids is 1. The van der Waals surface area contributed by atoms with Crippen molar-refractivity contribution in [3.8, 4) is 5.69 Å². The van der Waals surface area contributed by atoms with E-state index in [9.17, 15) is 14.7 Å². The van der Waals surface area contributed by atoms with Crippen molar-refractivity contribution in [1.82, 2.24) is 14.7 Å². The van der Waals surface area contributed by atoms with Crippen molar-refractivity contribution in [3.05, 3.63) is 47.8 Å². The lowest BCUT2D eigenvalue weighted by atomic mass is 10.2. The summed E-state index contributed by atoms with van der Waals surface area (Å²) in [5.74, 6) is -1.22. The average Bonchev–Trinajstić information content (AvgIpc) is 3.16. The molecule has 22 heavy (non-hydrogen) atoms. The lowest BCUT2D eigenvalue weighted by Gasteiger charge is -2.20. The molecule has 0 aliphatic carbocycles. The third-order valence-corrected chi connectivity index (χ3v) is 3.99. The van der Waals surface area contributed by atoms with E-state index in [4.69, 9.17) is 0 Å². The molecule has 1 N–H and O–H groups in total. The van der Waals surface area contributed by atoms with Gasteiger partial charge in [0.25, 0.3) is 5.91 Å². The van der Waals surface area contributed by atoms with Crippen molar-refractivity contribution in [2.45, 2.75) is 25.8 Å². The highest BCUT2D eigenvalue weighted by molar-refractivity contribution is 5.96. The third kappa shape index (κ3) is 2.47. The van der Waals surface area contributed by atoms with E-state index in [1.165, 1.54) is 11.1 Å². The molecule has 0 bridgehead atoms. The summed E-state index contributed by atoms with van der Waals surface area (Å²) in [6, 6.07) is 7.02. The fraction of sp³-hybridized carbons (Fsp3) is 0.312. The van der Waals surface area contributed by atoms with Crippen LogP contribution in [0.5, 0.6) is 0 Å². The molecule has 1 aromatic carbocycles. The first-order chi connectivity index (χ1) is 10.6. The summed E-state index contributed by atoms with van der Waals surface area (Å²) in [6.07, 6.45) is 4.37. The Morgan fingerprint density at radius 3 is 2.82 bits per heavy atom. The molecular formula is C16H17N3O3. The minimum atomic E-state index is -0.947. The molecule has 2 aromatic rings. The largest absolute Gasteiger partial charge is 0.480 e. The molecule has 114 valence electrons. The van der Waals surface area contributed by atoms with E-state index in [0.29, 0.717) is 24.9 Å². The van der Waals surface area contributed by atoms with Crippen LogP contribution in [0.1, 0.15) is 28.8 Å². The first kappa shape index (κ1) is 14.3. The van der Waals surface area contributed by atoms with Crippen LogP contribution in [0.15, 0.2) is 36.7 Å². The summed E-state index contributed by atoms with van der Waals surface area (Å²) in [5.41, 5.74) is 2.36. The number of aliphatic carboxylic acids is 1. The number of hydrogen-bond donors (Lipinski definition) is 1. The summed E-state index contributed by atoms with van der Waals surface area (Å²) in [7, 11) is 0. The molecular weight excluding hydrogens is 282 g/mol. The van der Waals surface area contributed by atoms with Gasteiger partial charge in [-0.15, -0.1) is 0 Å². The van der Waals surface area contributed by atoms with Gasteiger partial charge in [-0.1, -0.05) is 18.2 Å². The fourth-order valence-corrected chi connectivity index (χ4v) is 2.82. The second-order valence-corrected chi connectivity index (χ2v) is 5.45. The van der Waals surface area contributed by atoms with Crippen LogP contribution >= 0.6 is 0 Å². The highest BCUT2D eigenvalue weighted by atomic mass is 16.4. The molecule has 6 nitrogen and oxygen atoms in total. The van der Waals surface area contributed by atoms with Gasteiger partial charge >= 0.3 is 5.97 Å². The number of carbonyl (C=O) groups is 2. The van der Waals surface area contributed by atoms with Crippen LogP contribution in [0, 0.1) is 6.92 Å². The van der Waals surface area contributed by atoms with Crippen LogP contribution in [0.25, 0.3) is 5.69 Å². The number of carbonyl (C=O) groups excluding carboxylic acids is 1. The van der Waals surface area contributed by atoms with E-state index in [1.807, 2.05) is 31.2 Å². The van der Waals surface area contributed by atoms with Gasteiger partial charge in [0.2, 0.25) is 0 Å². The minimum Gasteiger partial charge on any atom is -0.480 e. The number of likely N-dealkylation sites (tertiary alicyclic amines) is 1. The molecule has 0 spiro atoms. The van der Waals surface area contributed by atoms with E-state index < -0.39 is 12.0 Å². The van der Waals surface area contributed by atoms with Gasteiger partial charge in [0.15, 0.2) is 0 Å². The number of amides is 1. The number of benzene rings is 1. The molecule has 0 saturated carbocycles. The first-order valence-electron chi connectivity index (χ1n) is 7.22. The molecule has 2 heterocycles. The minimum absolute atomic E-state index is 0.273. The molecule has 1 saturated heterocycles. The highest BCUT2D eigenvalue weighted by Gasteiger charge is 2.34. The predicted octanol–water partition coefficient (Wildman–Crippen LogP) is 1.87. The smallest absolute Gasteiger partial charge is 0.326 e. The number of aryl methyl sites for hydroxylation is 1. The first-order valence-corrected chi connectivity index (χ1v) is 7.22. The number of aromatic nitrogens is 2. The zero-order valence-corrected chi connectivity index (χ0v) is 12.3. The molecule has 3 rings (SSSR count). The molecule has 1 amide bonds. The Bertz CT molecular complexity index is 723. The monoisotopic (exact) mass is 299 g/mol. The second kappa shape index (κ2) is 5.63. The van der Waals surface area contributed by atoms with Gasteiger partial charge in [0.05, 0.1) is 17.4 Å². The zero-order valence-electron chi connectivity index (χ0n) is 12.3. The van der Waals surface area contributed by atoms with Crippen LogP contribution in [-0.4, -0.2) is 44.3 Å². The second-order valence-electron chi connectivity index (χ2n) is 5.45. The Balaban J connectivity index is 1.86. The molecule has 1 fully saturated rings. The Morgan fingerprint density at radius 1 is 1.32 bits per heavy atom. The van der Waals surface area contributed by atoms with Crippen LogP contribution < -0.4 is 0 Å². The molecule has 1 aliphatic rings. The van der Waals surface area contributed by atoms with Gasteiger partial charge in [-0.3, -0.25) is 4.79 Å². The van der Waals surface area contributed by atoms with E-state index in [1.54, 1.807) is 10.9 Å². The van der Waals surface area contributed by atoms with Crippen LogP contribution in [0.3, 0.4) is 0 Å². The van der Waals surface area contributed by atoms with Crippen molar-refractivity contribution in [2.75, 3.05) is 6.54 Å². The Hall–Kier alpha value is -2.63. The topological polar surface area (TPSA) is 75.4 Å². The summed E-state index contributed by atoms with van der Waals surface area (Å²) in [5, 5.41) is 13.4. The van der Waals surface area contributed by atoms with Gasteiger partial charge in [-0.25, -0.2) is 9.48 Å². The number of nitrogens with zero attached hydrogens (tertiary/aromatic N) is 3. The van der Waals surface area contributed by atoms with Gasteiger partial charge in [-0.05, 0) is 31.4 Å². The van der Waals surface area contributed by atoms with E-state index in [0.717, 1.165) is 11.3 Å². The standard InChI is InChI=1S/C16H17N3O3/c1-11-5-2-3-6-13(11)19-10-12(9-17-19)15(20)18-8-4-7-14(18)16(21)22/h2-3,5-6,9-10,14H,4,7-8H2,1H3,(H,21,22). The number of para-hydroxylation sites is 1. The molecule has 1 aromatic heterocycles. The van der Waals surface area contributed by atoms with E-state index in [-0.39, 0.29) is 5.91 Å². The van der Waals surface area contributed by atoms with E-state index >= 15 is 0 Å². The molecule has 1 atom stereocenters. The predicted molar refractivity (Wildman–Crippen MR) is 80.0 cm³/mol. The van der Waals surface area contributed by atoms with Gasteiger partial charge in [0.1, 0.15) is 6.04 Å². The summed E-state index contributed by atoms with van der Waals surface area (Å²) in [4.78, 5) is 25.1. The molecule has 6 heteroatoms. The lowest BCUT2D eigenvalue weighted by molar-refractivity contribution is -0.141. The van der Waals surface area contributed by atoms with Crippen molar-refractivity contribution in [2.24, 2.45) is 0 Å². The molecule has 0 radical (unpaired) electrons. The van der Waals surface area contributed by atoms with Crippen molar-refractivity contribution < 1.29 is 14.7 Å². The van der Waals surface area contributed by atoms with Crippen LogP contribution in [0.4, 0.5) is 0 Å². The lowest BCUT2D eigenvalue weighted by Crippen LogP contribution is -2.40. The molecule has 1 aliphatic heterocycles. The Labute approximate surface area is 128 Å². The SMILES string of the molecule is Cc1ccccc1-n1cc(C(=O)N2CCCC2C(=O)O)cn1. The Morgan fingerprint density at radius 2 is 2.09 bits per heavy atom. The maximum atomic E-state index is 12.5. The summed E-state index contributed by atoms with van der Waals surface area (Å²) >= 11 is 0. The van der Waals surface area contributed by atoms with Crippen LogP contribution in [0.2, 0.25) is 0 Å². The number of carboxylic acid groups (broad SMARTS) is 1. The van der Waals surface area contributed by atoms with Gasteiger partial charge in [0, 0.05) is 12.7 Å². The maximum Gasteiger partial charge on any atom is 0.326 e. The normalized spacial score (nSPS) is 17.7. The van der Waals surface area contributed by atoms with Crippen molar-refractivity contribution >= 4 is 11.9 Å². The third-order valence-electron chi connectivity index (χ3n) is 3.99. The quantitative estimate of drug-likeness (QED) is 0.938. The van der Waals surface area contributed by atoms with E-state index in [2.05, 4.69) is 5.10 Å². The number of hydrogen-bond acceptors (Lipinski definition) is 3. The maximum absolute atomic E-state index is 12.5. The Kier molecular flexibility index (Phi) is 3.66. The zero-order chi connectivity index (χ0) is 15.7. The fourth-order valence-electron chi connectivity index (χ4n) is 2.82. The number of rotatable bonds is 3. The average molecular weight is 299 g/mol.